The second-order valence-corrected chi connectivity index (χ2v) is 1.55. The van der Waals surface area contributed by atoms with Crippen molar-refractivity contribution in [3.63, 3.8) is 0 Å². The summed E-state index contributed by atoms with van der Waals surface area (Å²) in [5.74, 6) is 0. The molecule has 0 saturated heterocycles. The average molecular weight is 128 g/mol. The molecule has 0 amide bonds. The van der Waals surface area contributed by atoms with Crippen LogP contribution in [-0.2, 0) is 0 Å². The Morgan fingerprint density at radius 3 is 2.78 bits per heavy atom. The van der Waals surface area contributed by atoms with E-state index in [2.05, 4.69) is 10.3 Å². The van der Waals surface area contributed by atoms with E-state index in [1.165, 1.54) is 0 Å². The molecule has 9 heavy (non-hydrogen) atoms. The lowest BCUT2D eigenvalue weighted by Crippen LogP contribution is -2.00. The molecule has 3 nitrogen and oxygen atoms in total. The van der Waals surface area contributed by atoms with Crippen LogP contribution in [0.25, 0.3) is 0 Å². The van der Waals surface area contributed by atoms with Gasteiger partial charge >= 0.3 is 0 Å². The zero-order chi connectivity index (χ0) is 7.11. The first-order chi connectivity index (χ1) is 4.35. The van der Waals surface area contributed by atoms with Crippen molar-refractivity contribution in [2.75, 3.05) is 20.7 Å². The van der Waals surface area contributed by atoms with Gasteiger partial charge in [0.05, 0.1) is 6.61 Å². The first kappa shape index (κ1) is 8.17. The number of aliphatic imine (C=N–C) groups is 1. The maximum Gasteiger partial charge on any atom is 0.0710 e. The van der Waals surface area contributed by atoms with Crippen molar-refractivity contribution in [3.8, 4) is 0 Å². The lowest BCUT2D eigenvalue weighted by atomic mass is 10.3. The summed E-state index contributed by atoms with van der Waals surface area (Å²) >= 11 is 0. The molecule has 3 heteroatoms. The molecule has 2 N–H and O–H groups in total. The van der Waals surface area contributed by atoms with Gasteiger partial charge in [0.2, 0.25) is 0 Å². The van der Waals surface area contributed by atoms with Gasteiger partial charge in [-0.25, -0.2) is 0 Å². The van der Waals surface area contributed by atoms with Gasteiger partial charge in [-0.15, -0.1) is 0 Å². The minimum atomic E-state index is 0.0260. The monoisotopic (exact) mass is 128 g/mol. The van der Waals surface area contributed by atoms with Crippen LogP contribution in [0.5, 0.6) is 0 Å². The molecule has 0 radical (unpaired) electrons. The Morgan fingerprint density at radius 2 is 2.44 bits per heavy atom. The molecule has 0 heterocycles. The molecule has 0 aromatic carbocycles. The minimum Gasteiger partial charge on any atom is -0.394 e. The summed E-state index contributed by atoms with van der Waals surface area (Å²) in [6.45, 7) is 0.0260. The van der Waals surface area contributed by atoms with Gasteiger partial charge in [0.25, 0.3) is 0 Å². The summed E-state index contributed by atoms with van der Waals surface area (Å²) < 4.78 is 0. The Hall–Kier alpha value is -0.830. The van der Waals surface area contributed by atoms with E-state index in [1.54, 1.807) is 26.5 Å². The summed E-state index contributed by atoms with van der Waals surface area (Å²) in [4.78, 5) is 3.73. The van der Waals surface area contributed by atoms with Crippen LogP contribution in [0.1, 0.15) is 0 Å². The van der Waals surface area contributed by atoms with Gasteiger partial charge in [0, 0.05) is 32.1 Å². The summed E-state index contributed by atoms with van der Waals surface area (Å²) in [5, 5.41) is 11.4. The molecule has 0 aromatic heterocycles. The van der Waals surface area contributed by atoms with Gasteiger partial charge in [-0.05, 0) is 0 Å². The van der Waals surface area contributed by atoms with Gasteiger partial charge in [-0.2, -0.15) is 0 Å². The molecular weight excluding hydrogens is 116 g/mol. The van der Waals surface area contributed by atoms with E-state index in [4.69, 9.17) is 5.11 Å². The van der Waals surface area contributed by atoms with Crippen LogP contribution in [0.3, 0.4) is 0 Å². The van der Waals surface area contributed by atoms with E-state index < -0.39 is 0 Å². The van der Waals surface area contributed by atoms with Gasteiger partial charge < -0.3 is 10.4 Å². The number of aliphatic hydroxyl groups is 1. The van der Waals surface area contributed by atoms with Crippen LogP contribution in [0.15, 0.2) is 16.8 Å². The predicted molar refractivity (Wildman–Crippen MR) is 38.6 cm³/mol. The Balaban J connectivity index is 3.81. The molecule has 0 unspecified atom stereocenters. The predicted octanol–water partition coefficient (Wildman–Crippen LogP) is -0.217. The highest BCUT2D eigenvalue weighted by atomic mass is 16.3. The fourth-order valence-electron chi connectivity index (χ4n) is 0.475. The molecule has 0 bridgehead atoms. The summed E-state index contributed by atoms with van der Waals surface area (Å²) in [7, 11) is 3.44. The van der Waals surface area contributed by atoms with E-state index in [0.29, 0.717) is 0 Å². The Kier molecular flexibility index (Phi) is 4.82. The number of hydrogen-bond acceptors (Lipinski definition) is 3. The topological polar surface area (TPSA) is 44.6 Å². The van der Waals surface area contributed by atoms with Crippen molar-refractivity contribution in [1.82, 2.24) is 5.32 Å². The number of rotatable bonds is 3. The van der Waals surface area contributed by atoms with E-state index in [9.17, 15) is 0 Å². The van der Waals surface area contributed by atoms with Gasteiger partial charge in [-0.3, -0.25) is 4.99 Å². The number of nitrogens with zero attached hydrogens (tertiary/aromatic N) is 1. The molecule has 0 atom stereocenters. The van der Waals surface area contributed by atoms with Crippen molar-refractivity contribution < 1.29 is 5.11 Å². The maximum atomic E-state index is 8.59. The molecule has 52 valence electrons. The lowest BCUT2D eigenvalue weighted by molar-refractivity contribution is 0.337. The number of aliphatic hydroxyl groups excluding tert-OH is 1. The van der Waals surface area contributed by atoms with E-state index in [0.717, 1.165) is 5.57 Å². The molecule has 0 aliphatic carbocycles. The molecule has 0 rings (SSSR count). The molecule has 0 spiro atoms. The fraction of sp³-hybridized carbons (Fsp3) is 0.500. The standard InChI is InChI=1S/C6H12N2O/c1-7-3-6(5-9)4-8-2/h3-4,7,9H,5H2,1-2H3/b6-3+,8-4?. The van der Waals surface area contributed by atoms with Crippen LogP contribution in [0.2, 0.25) is 0 Å². The zero-order valence-corrected chi connectivity index (χ0v) is 5.76. The highest BCUT2D eigenvalue weighted by molar-refractivity contribution is 5.78. The van der Waals surface area contributed by atoms with Gasteiger partial charge in [-0.1, -0.05) is 0 Å². The molecule has 0 saturated carbocycles. The second kappa shape index (κ2) is 5.31. The SMILES string of the molecule is CN=C/C(=C\NC)CO. The van der Waals surface area contributed by atoms with Crippen LogP contribution < -0.4 is 5.32 Å². The van der Waals surface area contributed by atoms with Gasteiger partial charge in [0.1, 0.15) is 0 Å². The first-order valence-electron chi connectivity index (χ1n) is 2.74. The largest absolute Gasteiger partial charge is 0.394 e. The average Bonchev–Trinajstić information content (AvgIpc) is 1.88. The lowest BCUT2D eigenvalue weighted by Gasteiger charge is -1.93. The van der Waals surface area contributed by atoms with E-state index in [1.807, 2.05) is 0 Å². The van der Waals surface area contributed by atoms with Crippen LogP contribution in [0, 0.1) is 0 Å². The maximum absolute atomic E-state index is 8.59. The Bertz CT molecular complexity index is 118. The zero-order valence-electron chi connectivity index (χ0n) is 5.76. The van der Waals surface area contributed by atoms with Crippen molar-refractivity contribution in [3.05, 3.63) is 11.8 Å². The smallest absolute Gasteiger partial charge is 0.0710 e. The van der Waals surface area contributed by atoms with Crippen molar-refractivity contribution >= 4 is 6.21 Å². The number of nitrogens with one attached hydrogen (secondary N) is 1. The normalized spacial score (nSPS) is 12.6. The summed E-state index contributed by atoms with van der Waals surface area (Å²) in [6, 6.07) is 0. The minimum absolute atomic E-state index is 0.0260. The second-order valence-electron chi connectivity index (χ2n) is 1.55. The molecule has 0 fully saturated rings. The molecule has 0 aliphatic heterocycles. The van der Waals surface area contributed by atoms with Crippen molar-refractivity contribution in [2.45, 2.75) is 0 Å². The van der Waals surface area contributed by atoms with Crippen LogP contribution >= 0.6 is 0 Å². The Morgan fingerprint density at radius 1 is 1.78 bits per heavy atom. The summed E-state index contributed by atoms with van der Waals surface area (Å²) in [6.07, 6.45) is 3.31. The summed E-state index contributed by atoms with van der Waals surface area (Å²) in [5.41, 5.74) is 0.778. The third-order valence-electron chi connectivity index (χ3n) is 0.807. The highest BCUT2D eigenvalue weighted by Crippen LogP contribution is 1.83. The van der Waals surface area contributed by atoms with Gasteiger partial charge in [0.15, 0.2) is 0 Å². The Labute approximate surface area is 55.1 Å². The molecule has 0 aliphatic rings. The number of hydrogen-bond donors (Lipinski definition) is 2. The third-order valence-corrected chi connectivity index (χ3v) is 0.807. The van der Waals surface area contributed by atoms with E-state index in [-0.39, 0.29) is 6.61 Å². The highest BCUT2D eigenvalue weighted by Gasteiger charge is 1.84. The van der Waals surface area contributed by atoms with Crippen molar-refractivity contribution in [1.29, 1.82) is 0 Å². The fourth-order valence-corrected chi connectivity index (χ4v) is 0.475. The van der Waals surface area contributed by atoms with Crippen molar-refractivity contribution in [2.24, 2.45) is 4.99 Å². The third kappa shape index (κ3) is 3.73. The molecule has 0 aromatic rings. The van der Waals surface area contributed by atoms with Crippen LogP contribution in [-0.4, -0.2) is 32.0 Å². The van der Waals surface area contributed by atoms with E-state index >= 15 is 0 Å². The first-order valence-corrected chi connectivity index (χ1v) is 2.74. The quantitative estimate of drug-likeness (QED) is 0.516. The van der Waals surface area contributed by atoms with Crippen LogP contribution in [0.4, 0.5) is 0 Å². The molecular formula is C6H12N2O.